The fourth-order valence-corrected chi connectivity index (χ4v) is 5.67. The lowest BCUT2D eigenvalue weighted by molar-refractivity contribution is 0.0498. The van der Waals surface area contributed by atoms with E-state index in [4.69, 9.17) is 11.6 Å². The van der Waals surface area contributed by atoms with Gasteiger partial charge in [0.2, 0.25) is 0 Å². The Labute approximate surface area is 174 Å². The van der Waals surface area contributed by atoms with Crippen LogP contribution in [0, 0.1) is 6.92 Å². The van der Waals surface area contributed by atoms with Crippen molar-refractivity contribution in [2.24, 2.45) is 0 Å². The monoisotopic (exact) mass is 414 g/mol. The van der Waals surface area contributed by atoms with Gasteiger partial charge in [-0.05, 0) is 50.1 Å². The summed E-state index contributed by atoms with van der Waals surface area (Å²) in [4.78, 5) is 29.6. The van der Waals surface area contributed by atoms with Crippen molar-refractivity contribution in [3.8, 4) is 0 Å². The molecule has 0 atom stereocenters. The highest BCUT2D eigenvalue weighted by Gasteiger charge is 2.47. The van der Waals surface area contributed by atoms with Crippen molar-refractivity contribution in [3.05, 3.63) is 70.2 Å². The number of hydrogen-bond donors (Lipinski definition) is 0. The highest BCUT2D eigenvalue weighted by atomic mass is 35.5. The number of benzene rings is 2. The maximum absolute atomic E-state index is 13.1. The van der Waals surface area contributed by atoms with Crippen LogP contribution in [0.5, 0.6) is 0 Å². The van der Waals surface area contributed by atoms with E-state index in [-0.39, 0.29) is 16.7 Å². The molecule has 2 fully saturated rings. The molecule has 0 aliphatic carbocycles. The normalized spacial score (nSPS) is 18.5. The van der Waals surface area contributed by atoms with E-state index in [0.717, 1.165) is 36.3 Å². The van der Waals surface area contributed by atoms with Gasteiger partial charge in [0.15, 0.2) is 0 Å². The first-order valence-electron chi connectivity index (χ1n) is 9.56. The second-order valence-electron chi connectivity index (χ2n) is 7.42. The lowest BCUT2D eigenvalue weighted by atomic mass is 10.00. The molecule has 0 saturated carbocycles. The molecular formula is C22H23ClN2O2S. The van der Waals surface area contributed by atoms with Crippen LogP contribution in [0.1, 0.15) is 39.1 Å². The quantitative estimate of drug-likeness (QED) is 0.727. The summed E-state index contributed by atoms with van der Waals surface area (Å²) in [6.07, 6.45) is 1.59. The first-order valence-corrected chi connectivity index (χ1v) is 10.9. The van der Waals surface area contributed by atoms with Crippen LogP contribution >= 0.6 is 23.4 Å². The molecule has 2 saturated heterocycles. The second-order valence-corrected chi connectivity index (χ2v) is 9.31. The van der Waals surface area contributed by atoms with E-state index in [1.165, 1.54) is 0 Å². The number of amides is 2. The Bertz CT molecular complexity index is 892. The van der Waals surface area contributed by atoms with Crippen LogP contribution in [0.15, 0.2) is 48.5 Å². The van der Waals surface area contributed by atoms with Gasteiger partial charge in [-0.2, -0.15) is 0 Å². The van der Waals surface area contributed by atoms with E-state index in [9.17, 15) is 9.59 Å². The van der Waals surface area contributed by atoms with E-state index in [1.807, 2.05) is 52.8 Å². The summed E-state index contributed by atoms with van der Waals surface area (Å²) in [7, 11) is 0. The van der Waals surface area contributed by atoms with Crippen molar-refractivity contribution in [1.29, 1.82) is 0 Å². The number of thioether (sulfide) groups is 1. The molecule has 4 nitrogen and oxygen atoms in total. The number of hydrogen-bond acceptors (Lipinski definition) is 3. The zero-order valence-electron chi connectivity index (χ0n) is 15.9. The van der Waals surface area contributed by atoms with E-state index in [2.05, 4.69) is 0 Å². The fraction of sp³-hybridized carbons (Fsp3) is 0.364. The van der Waals surface area contributed by atoms with Crippen LogP contribution in [-0.4, -0.2) is 51.9 Å². The zero-order chi connectivity index (χ0) is 19.7. The molecule has 1 spiro atoms. The van der Waals surface area contributed by atoms with E-state index < -0.39 is 0 Å². The smallest absolute Gasteiger partial charge is 0.254 e. The van der Waals surface area contributed by atoms with Crippen LogP contribution in [0.2, 0.25) is 5.02 Å². The molecule has 0 radical (unpaired) electrons. The van der Waals surface area contributed by atoms with Crippen molar-refractivity contribution < 1.29 is 9.59 Å². The predicted octanol–water partition coefficient (Wildman–Crippen LogP) is 4.47. The SMILES string of the molecule is Cc1ccc(C(=O)N2CCSC23CCN(C(=O)c2cccc(Cl)c2)CC3)cc1. The summed E-state index contributed by atoms with van der Waals surface area (Å²) in [5.74, 6) is 1.05. The van der Waals surface area contributed by atoms with Crippen LogP contribution in [0.4, 0.5) is 0 Å². The van der Waals surface area contributed by atoms with Gasteiger partial charge in [0, 0.05) is 41.5 Å². The van der Waals surface area contributed by atoms with E-state index >= 15 is 0 Å². The first kappa shape index (κ1) is 19.3. The van der Waals surface area contributed by atoms with Crippen molar-refractivity contribution >= 4 is 35.2 Å². The number of likely N-dealkylation sites (tertiary alicyclic amines) is 1. The van der Waals surface area contributed by atoms with Gasteiger partial charge in [0.25, 0.3) is 11.8 Å². The standard InChI is InChI=1S/C22H23ClN2O2S/c1-16-5-7-17(8-6-16)21(27)25-13-14-28-22(25)9-11-24(12-10-22)20(26)18-3-2-4-19(23)15-18/h2-8,15H,9-14H2,1H3. The van der Waals surface area contributed by atoms with E-state index in [0.29, 0.717) is 23.7 Å². The highest BCUT2D eigenvalue weighted by molar-refractivity contribution is 8.00. The van der Waals surface area contributed by atoms with Crippen LogP contribution in [-0.2, 0) is 0 Å². The molecule has 146 valence electrons. The Kier molecular flexibility index (Phi) is 5.39. The number of nitrogens with zero attached hydrogens (tertiary/aromatic N) is 2. The lowest BCUT2D eigenvalue weighted by Crippen LogP contribution is -2.53. The van der Waals surface area contributed by atoms with Gasteiger partial charge < -0.3 is 9.80 Å². The van der Waals surface area contributed by atoms with Crippen molar-refractivity contribution in [2.75, 3.05) is 25.4 Å². The number of carbonyl (C=O) groups is 2. The molecule has 0 N–H and O–H groups in total. The third kappa shape index (κ3) is 3.65. The van der Waals surface area contributed by atoms with Crippen LogP contribution in [0.3, 0.4) is 0 Å². The Morgan fingerprint density at radius 3 is 2.36 bits per heavy atom. The summed E-state index contributed by atoms with van der Waals surface area (Å²) in [5, 5.41) is 0.570. The maximum atomic E-state index is 13.1. The fourth-order valence-electron chi connectivity index (χ4n) is 4.02. The average Bonchev–Trinajstić information content (AvgIpc) is 3.11. The Balaban J connectivity index is 1.47. The van der Waals surface area contributed by atoms with Gasteiger partial charge in [-0.1, -0.05) is 35.4 Å². The first-order chi connectivity index (χ1) is 13.5. The molecule has 2 aromatic rings. The predicted molar refractivity (Wildman–Crippen MR) is 114 cm³/mol. The Hall–Kier alpha value is -1.98. The largest absolute Gasteiger partial charge is 0.338 e. The van der Waals surface area contributed by atoms with Gasteiger partial charge in [0.05, 0.1) is 4.87 Å². The van der Waals surface area contributed by atoms with Gasteiger partial charge in [0.1, 0.15) is 0 Å². The molecule has 28 heavy (non-hydrogen) atoms. The number of piperidine rings is 1. The molecule has 2 heterocycles. The zero-order valence-corrected chi connectivity index (χ0v) is 17.4. The number of aryl methyl sites for hydroxylation is 1. The minimum atomic E-state index is -0.201. The van der Waals surface area contributed by atoms with Crippen LogP contribution < -0.4 is 0 Å². The minimum absolute atomic E-state index is 0.0109. The Morgan fingerprint density at radius 2 is 1.68 bits per heavy atom. The number of carbonyl (C=O) groups excluding carboxylic acids is 2. The third-order valence-corrected chi connectivity index (χ3v) is 7.41. The molecule has 4 rings (SSSR count). The van der Waals surface area contributed by atoms with Crippen molar-refractivity contribution in [1.82, 2.24) is 9.80 Å². The molecule has 0 unspecified atom stereocenters. The minimum Gasteiger partial charge on any atom is -0.338 e. The van der Waals surface area contributed by atoms with Crippen LogP contribution in [0.25, 0.3) is 0 Å². The topological polar surface area (TPSA) is 40.6 Å². The van der Waals surface area contributed by atoms with Crippen molar-refractivity contribution in [3.63, 3.8) is 0 Å². The summed E-state index contributed by atoms with van der Waals surface area (Å²) < 4.78 is 0. The molecular weight excluding hydrogens is 392 g/mol. The van der Waals surface area contributed by atoms with Gasteiger partial charge in [-0.15, -0.1) is 11.8 Å². The Morgan fingerprint density at radius 1 is 0.964 bits per heavy atom. The van der Waals surface area contributed by atoms with E-state index in [1.54, 1.807) is 24.3 Å². The lowest BCUT2D eigenvalue weighted by Gasteiger charge is -2.44. The molecule has 2 aliphatic rings. The molecule has 0 aromatic heterocycles. The summed E-state index contributed by atoms with van der Waals surface area (Å²) in [5.41, 5.74) is 2.51. The third-order valence-electron chi connectivity index (χ3n) is 5.62. The molecule has 0 bridgehead atoms. The molecule has 2 aromatic carbocycles. The summed E-state index contributed by atoms with van der Waals surface area (Å²) in [6.45, 7) is 4.08. The molecule has 6 heteroatoms. The second kappa shape index (κ2) is 7.80. The highest BCUT2D eigenvalue weighted by Crippen LogP contribution is 2.44. The molecule has 2 aliphatic heterocycles. The summed E-state index contributed by atoms with van der Waals surface area (Å²) >= 11 is 7.89. The van der Waals surface area contributed by atoms with Gasteiger partial charge in [-0.3, -0.25) is 9.59 Å². The summed E-state index contributed by atoms with van der Waals surface area (Å²) in [6, 6.07) is 14.9. The number of rotatable bonds is 2. The van der Waals surface area contributed by atoms with Gasteiger partial charge in [-0.25, -0.2) is 0 Å². The molecule has 2 amide bonds. The van der Waals surface area contributed by atoms with Gasteiger partial charge >= 0.3 is 0 Å². The van der Waals surface area contributed by atoms with Crippen molar-refractivity contribution in [2.45, 2.75) is 24.6 Å². The average molecular weight is 415 g/mol. The number of halogens is 1. The maximum Gasteiger partial charge on any atom is 0.254 e.